The summed E-state index contributed by atoms with van der Waals surface area (Å²) < 4.78 is 39.6. The second-order valence-electron chi connectivity index (χ2n) is 10.7. The van der Waals surface area contributed by atoms with Gasteiger partial charge in [0.05, 0.1) is 38.8 Å². The van der Waals surface area contributed by atoms with E-state index in [1.165, 1.54) is 11.4 Å². The number of nitrogens with one attached hydrogen (secondary N) is 1. The normalized spacial score (nSPS) is 21.4. The number of anilines is 1. The molecule has 0 spiro atoms. The molecule has 3 atom stereocenters. The topological polar surface area (TPSA) is 129 Å². The largest absolute Gasteiger partial charge is 0.488 e. The van der Waals surface area contributed by atoms with Crippen LogP contribution in [-0.2, 0) is 30.8 Å². The van der Waals surface area contributed by atoms with Crippen LogP contribution >= 0.6 is 11.3 Å². The summed E-state index contributed by atoms with van der Waals surface area (Å²) in [4.78, 5) is 29.9. The van der Waals surface area contributed by atoms with Crippen LogP contribution in [0.2, 0.25) is 0 Å². The third-order valence-electron chi connectivity index (χ3n) is 7.56. The molecular weight excluding hydrogens is 568 g/mol. The molecule has 4 rings (SSSR count). The van der Waals surface area contributed by atoms with Crippen molar-refractivity contribution in [1.82, 2.24) is 14.1 Å². The third-order valence-corrected chi connectivity index (χ3v) is 10.8. The molecule has 0 saturated carbocycles. The first-order chi connectivity index (χ1) is 19.6. The maximum absolute atomic E-state index is 13.4. The summed E-state index contributed by atoms with van der Waals surface area (Å²) in [6.45, 7) is 7.42. The second kappa shape index (κ2) is 14.1. The second-order valence-corrected chi connectivity index (χ2v) is 13.9. The van der Waals surface area contributed by atoms with Crippen molar-refractivity contribution in [3.63, 3.8) is 0 Å². The maximum Gasteiger partial charge on any atom is 0.252 e. The molecule has 41 heavy (non-hydrogen) atoms. The Bertz CT molecular complexity index is 1280. The Hall–Kier alpha value is -2.55. The maximum atomic E-state index is 13.4. The Balaban J connectivity index is 1.55. The van der Waals surface area contributed by atoms with Crippen LogP contribution < -0.4 is 10.1 Å². The van der Waals surface area contributed by atoms with Crippen molar-refractivity contribution in [1.29, 1.82) is 0 Å². The number of carbonyl (C=O) groups excluding carboxylic acids is 2. The molecule has 2 aliphatic heterocycles. The molecule has 0 radical (unpaired) electrons. The number of aliphatic hydroxyl groups is 1. The molecule has 0 unspecified atom stereocenters. The first-order valence-corrected chi connectivity index (χ1v) is 16.2. The van der Waals surface area contributed by atoms with Crippen LogP contribution in [0.1, 0.15) is 25.8 Å². The van der Waals surface area contributed by atoms with E-state index in [0.717, 1.165) is 24.4 Å². The molecule has 1 aromatic carbocycles. The zero-order chi connectivity index (χ0) is 29.6. The molecule has 1 saturated heterocycles. The Kier molecular flexibility index (Phi) is 10.8. The van der Waals surface area contributed by atoms with Gasteiger partial charge in [-0.25, -0.2) is 8.42 Å². The average molecular weight is 609 g/mol. The number of morpholine rings is 1. The van der Waals surface area contributed by atoms with E-state index in [9.17, 15) is 23.1 Å². The van der Waals surface area contributed by atoms with E-state index in [0.29, 0.717) is 43.2 Å². The molecule has 1 aromatic heterocycles. The van der Waals surface area contributed by atoms with Crippen molar-refractivity contribution in [3.05, 3.63) is 41.3 Å². The zero-order valence-corrected chi connectivity index (χ0v) is 25.5. The van der Waals surface area contributed by atoms with E-state index in [-0.39, 0.29) is 48.1 Å². The van der Waals surface area contributed by atoms with Crippen LogP contribution in [0.5, 0.6) is 5.75 Å². The highest BCUT2D eigenvalue weighted by Crippen LogP contribution is 2.30. The minimum Gasteiger partial charge on any atom is -0.488 e. The van der Waals surface area contributed by atoms with Gasteiger partial charge in [0.2, 0.25) is 11.8 Å². The molecule has 11 nitrogen and oxygen atoms in total. The molecule has 226 valence electrons. The Morgan fingerprint density at radius 3 is 2.71 bits per heavy atom. The van der Waals surface area contributed by atoms with Crippen LogP contribution in [0.3, 0.4) is 0 Å². The molecule has 0 bridgehead atoms. The number of amides is 2. The number of fused-ring (bicyclic) bond motifs is 1. The van der Waals surface area contributed by atoms with Gasteiger partial charge in [-0.2, -0.15) is 4.31 Å². The van der Waals surface area contributed by atoms with Gasteiger partial charge in [-0.05, 0) is 36.6 Å². The summed E-state index contributed by atoms with van der Waals surface area (Å²) in [6.07, 6.45) is -0.236. The van der Waals surface area contributed by atoms with Gasteiger partial charge in [0.25, 0.3) is 10.0 Å². The highest BCUT2D eigenvalue weighted by Gasteiger charge is 2.33. The predicted molar refractivity (Wildman–Crippen MR) is 157 cm³/mol. The minimum absolute atomic E-state index is 0.0138. The number of ether oxygens (including phenoxy) is 2. The molecule has 0 aliphatic carbocycles. The monoisotopic (exact) mass is 608 g/mol. The zero-order valence-electron chi connectivity index (χ0n) is 23.8. The number of thiophene rings is 1. The highest BCUT2D eigenvalue weighted by atomic mass is 32.2. The fourth-order valence-corrected chi connectivity index (χ4v) is 7.33. The SMILES string of the molecule is C[C@@H]1CN([C@H](C)CO)C(=O)Cc2cc(NC(=O)CCN3CCOCC3)ccc2O[C@H]1CN(C)S(=O)(=O)c1cccs1. The molecule has 3 heterocycles. The smallest absolute Gasteiger partial charge is 0.252 e. The first kappa shape index (κ1) is 31.4. The van der Waals surface area contributed by atoms with Crippen molar-refractivity contribution in [3.8, 4) is 5.75 Å². The van der Waals surface area contributed by atoms with Crippen LogP contribution in [0.25, 0.3) is 0 Å². The van der Waals surface area contributed by atoms with Crippen molar-refractivity contribution in [2.75, 3.05) is 64.9 Å². The van der Waals surface area contributed by atoms with Gasteiger partial charge in [-0.3, -0.25) is 14.5 Å². The number of aliphatic hydroxyl groups excluding tert-OH is 1. The molecule has 13 heteroatoms. The number of benzene rings is 1. The van der Waals surface area contributed by atoms with Gasteiger partial charge >= 0.3 is 0 Å². The van der Waals surface area contributed by atoms with Crippen molar-refractivity contribution < 1.29 is 32.6 Å². The summed E-state index contributed by atoms with van der Waals surface area (Å²) in [5.41, 5.74) is 1.13. The highest BCUT2D eigenvalue weighted by molar-refractivity contribution is 7.91. The summed E-state index contributed by atoms with van der Waals surface area (Å²) in [5, 5.41) is 14.5. The fourth-order valence-electron chi connectivity index (χ4n) is 4.95. The molecule has 2 amide bonds. The average Bonchev–Trinajstić information content (AvgIpc) is 3.52. The van der Waals surface area contributed by atoms with Gasteiger partial charge in [-0.1, -0.05) is 13.0 Å². The third kappa shape index (κ3) is 8.05. The molecule has 2 N–H and O–H groups in total. The quantitative estimate of drug-likeness (QED) is 0.419. The van der Waals surface area contributed by atoms with Crippen LogP contribution in [0.4, 0.5) is 5.69 Å². The summed E-state index contributed by atoms with van der Waals surface area (Å²) >= 11 is 1.15. The number of nitrogens with zero attached hydrogens (tertiary/aromatic N) is 3. The Morgan fingerprint density at radius 1 is 1.27 bits per heavy atom. The standard InChI is InChI=1S/C28H40N4O7S2/c1-20-17-32(21(2)19-33)27(35)16-22-15-23(29-26(34)8-9-31-10-12-38-13-11-31)6-7-24(22)39-25(20)18-30(3)41(36,37)28-5-4-14-40-28/h4-7,14-15,20-21,25,33H,8-13,16-19H2,1-3H3,(H,29,34)/t20-,21-,25+/m1/s1. The summed E-state index contributed by atoms with van der Waals surface area (Å²) in [5.74, 6) is -0.102. The lowest BCUT2D eigenvalue weighted by molar-refractivity contribution is -0.134. The Labute approximate surface area is 246 Å². The van der Waals surface area contributed by atoms with Crippen molar-refractivity contribution in [2.24, 2.45) is 5.92 Å². The number of carbonyl (C=O) groups is 2. The van der Waals surface area contributed by atoms with E-state index in [1.54, 1.807) is 47.5 Å². The van der Waals surface area contributed by atoms with Crippen LogP contribution in [0.15, 0.2) is 39.9 Å². The summed E-state index contributed by atoms with van der Waals surface area (Å²) in [6, 6.07) is 8.02. The van der Waals surface area contributed by atoms with E-state index < -0.39 is 22.2 Å². The van der Waals surface area contributed by atoms with Gasteiger partial charge in [0.15, 0.2) is 0 Å². The number of likely N-dealkylation sites (N-methyl/N-ethyl adjacent to an activating group) is 1. The number of sulfonamides is 1. The van der Waals surface area contributed by atoms with Crippen LogP contribution in [0, 0.1) is 5.92 Å². The number of hydrogen-bond acceptors (Lipinski definition) is 9. The summed E-state index contributed by atoms with van der Waals surface area (Å²) in [7, 11) is -2.19. The lowest BCUT2D eigenvalue weighted by atomic mass is 10.0. The lowest BCUT2D eigenvalue weighted by Crippen LogP contribution is -2.48. The molecule has 2 aliphatic rings. The van der Waals surface area contributed by atoms with E-state index >= 15 is 0 Å². The first-order valence-electron chi connectivity index (χ1n) is 13.9. The minimum atomic E-state index is -3.71. The number of hydrogen-bond donors (Lipinski definition) is 2. The van der Waals surface area contributed by atoms with Gasteiger partial charge in [0.1, 0.15) is 16.1 Å². The lowest BCUT2D eigenvalue weighted by Gasteiger charge is -2.33. The number of rotatable bonds is 10. The Morgan fingerprint density at radius 2 is 2.02 bits per heavy atom. The van der Waals surface area contributed by atoms with E-state index in [1.807, 2.05) is 6.92 Å². The molecule has 1 fully saturated rings. The predicted octanol–water partition coefficient (Wildman–Crippen LogP) is 1.88. The van der Waals surface area contributed by atoms with Crippen molar-refractivity contribution in [2.45, 2.75) is 43.0 Å². The van der Waals surface area contributed by atoms with Crippen LogP contribution in [-0.4, -0.2) is 111 Å². The van der Waals surface area contributed by atoms with Gasteiger partial charge in [-0.15, -0.1) is 11.3 Å². The van der Waals surface area contributed by atoms with Crippen molar-refractivity contribution >= 4 is 38.9 Å². The van der Waals surface area contributed by atoms with E-state index in [2.05, 4.69) is 10.2 Å². The van der Waals surface area contributed by atoms with Gasteiger partial charge < -0.3 is 24.8 Å². The molecular formula is C28H40N4O7S2. The molecule has 2 aromatic rings. The van der Waals surface area contributed by atoms with Gasteiger partial charge in [0, 0.05) is 56.8 Å². The fraction of sp³-hybridized carbons (Fsp3) is 0.571. The van der Waals surface area contributed by atoms with E-state index in [4.69, 9.17) is 9.47 Å².